The van der Waals surface area contributed by atoms with Crippen LogP contribution in [0.1, 0.15) is 22.6 Å². The Morgan fingerprint density at radius 3 is 2.81 bits per heavy atom. The zero-order valence-corrected chi connectivity index (χ0v) is 12.4. The number of thioether (sulfide) groups is 1. The Bertz CT molecular complexity index is 675. The maximum Gasteiger partial charge on any atom is 0.328 e. The molecule has 0 unspecified atom stereocenters. The summed E-state index contributed by atoms with van der Waals surface area (Å²) >= 11 is 1.37. The molecule has 0 aliphatic rings. The number of hydrogen-bond donors (Lipinski definition) is 1. The van der Waals surface area contributed by atoms with Gasteiger partial charge in [0.1, 0.15) is 11.6 Å². The monoisotopic (exact) mass is 307 g/mol. The van der Waals surface area contributed by atoms with Crippen LogP contribution in [-0.2, 0) is 10.5 Å². The van der Waals surface area contributed by atoms with Crippen molar-refractivity contribution < 1.29 is 18.7 Å². The molecular weight excluding hydrogens is 293 g/mol. The number of halogens is 1. The summed E-state index contributed by atoms with van der Waals surface area (Å²) in [6.07, 6.45) is 2.34. The molecule has 1 aromatic heterocycles. The molecule has 2 aromatic rings. The van der Waals surface area contributed by atoms with E-state index in [-0.39, 0.29) is 0 Å². The molecule has 2 rings (SSSR count). The normalized spacial score (nSPS) is 11.2. The lowest BCUT2D eigenvalue weighted by molar-refractivity contribution is -0.131. The average molecular weight is 307 g/mol. The minimum Gasteiger partial charge on any atom is -0.478 e. The van der Waals surface area contributed by atoms with E-state index < -0.39 is 11.8 Å². The average Bonchev–Trinajstić information content (AvgIpc) is 2.73. The van der Waals surface area contributed by atoms with Crippen LogP contribution in [-0.4, -0.2) is 16.1 Å². The van der Waals surface area contributed by atoms with Gasteiger partial charge in [-0.2, -0.15) is 0 Å². The van der Waals surface area contributed by atoms with Crippen molar-refractivity contribution in [1.29, 1.82) is 0 Å². The molecule has 0 spiro atoms. The van der Waals surface area contributed by atoms with Gasteiger partial charge in [-0.25, -0.2) is 14.2 Å². The number of aliphatic carboxylic acids is 1. The van der Waals surface area contributed by atoms with E-state index in [0.29, 0.717) is 16.5 Å². The highest BCUT2D eigenvalue weighted by atomic mass is 32.2. The highest BCUT2D eigenvalue weighted by molar-refractivity contribution is 7.98. The van der Waals surface area contributed by atoms with Crippen LogP contribution < -0.4 is 0 Å². The number of carboxylic acids is 1. The minimum absolute atomic E-state index is 0.405. The third kappa shape index (κ3) is 4.46. The molecule has 1 aromatic carbocycles. The predicted octanol–water partition coefficient (Wildman–Crippen LogP) is 3.82. The number of hydrogen-bond acceptors (Lipinski definition) is 4. The minimum atomic E-state index is -1.07. The molecule has 1 N–H and O–H groups in total. The molecule has 0 atom stereocenters. The Morgan fingerprint density at radius 2 is 2.19 bits per heavy atom. The summed E-state index contributed by atoms with van der Waals surface area (Å²) in [4.78, 5) is 14.7. The van der Waals surface area contributed by atoms with Crippen LogP contribution in [0.2, 0.25) is 0 Å². The van der Waals surface area contributed by atoms with E-state index in [0.717, 1.165) is 23.1 Å². The number of aryl methyl sites for hydroxylation is 2. The van der Waals surface area contributed by atoms with E-state index in [1.54, 1.807) is 6.07 Å². The Labute approximate surface area is 125 Å². The fraction of sp³-hybridized carbons (Fsp3) is 0.200. The Hall–Kier alpha value is -2.08. The van der Waals surface area contributed by atoms with Gasteiger partial charge in [-0.3, -0.25) is 0 Å². The van der Waals surface area contributed by atoms with Crippen LogP contribution in [0.5, 0.6) is 0 Å². The quantitative estimate of drug-likeness (QED) is 0.672. The smallest absolute Gasteiger partial charge is 0.328 e. The molecule has 0 bridgehead atoms. The SMILES string of the molecule is Cc1nc(SCc2cc(F)cc(/C=C/C(=O)O)c2)oc1C. The molecule has 0 saturated heterocycles. The van der Waals surface area contributed by atoms with Crippen molar-refractivity contribution in [1.82, 2.24) is 4.98 Å². The Balaban J connectivity index is 2.10. The summed E-state index contributed by atoms with van der Waals surface area (Å²) in [5.74, 6) is -0.217. The summed E-state index contributed by atoms with van der Waals surface area (Å²) in [5, 5.41) is 9.13. The highest BCUT2D eigenvalue weighted by Gasteiger charge is 2.07. The number of oxazole rings is 1. The maximum atomic E-state index is 13.5. The zero-order valence-electron chi connectivity index (χ0n) is 11.6. The molecule has 0 amide bonds. The van der Waals surface area contributed by atoms with Gasteiger partial charge >= 0.3 is 5.97 Å². The summed E-state index contributed by atoms with van der Waals surface area (Å²) < 4.78 is 19.0. The number of nitrogens with zero attached hydrogens (tertiary/aromatic N) is 1. The van der Waals surface area contributed by atoms with Crippen molar-refractivity contribution in [2.75, 3.05) is 0 Å². The van der Waals surface area contributed by atoms with E-state index in [1.165, 1.54) is 30.0 Å². The highest BCUT2D eigenvalue weighted by Crippen LogP contribution is 2.25. The van der Waals surface area contributed by atoms with Gasteiger partial charge in [-0.05, 0) is 43.2 Å². The second-order valence-corrected chi connectivity index (χ2v) is 5.40. The zero-order chi connectivity index (χ0) is 15.4. The molecular formula is C15H14FNO3S. The molecule has 0 aliphatic carbocycles. The van der Waals surface area contributed by atoms with Crippen molar-refractivity contribution in [2.24, 2.45) is 0 Å². The van der Waals surface area contributed by atoms with Gasteiger partial charge in [0.05, 0.1) is 5.69 Å². The standard InChI is InChI=1S/C15H14FNO3S/c1-9-10(2)20-15(17-9)21-8-12-5-11(3-4-14(18)19)6-13(16)7-12/h3-7H,8H2,1-2H3,(H,18,19)/b4-3+. The lowest BCUT2D eigenvalue weighted by Crippen LogP contribution is -1.89. The lowest BCUT2D eigenvalue weighted by Gasteiger charge is -2.02. The second-order valence-electron chi connectivity index (χ2n) is 4.47. The molecule has 0 saturated carbocycles. The van der Waals surface area contributed by atoms with Crippen molar-refractivity contribution >= 4 is 23.8 Å². The predicted molar refractivity (Wildman–Crippen MR) is 78.6 cm³/mol. The summed E-state index contributed by atoms with van der Waals surface area (Å²) in [5.41, 5.74) is 2.08. The fourth-order valence-corrected chi connectivity index (χ4v) is 2.51. The number of carboxylic acid groups (broad SMARTS) is 1. The number of carbonyl (C=O) groups is 1. The summed E-state index contributed by atoms with van der Waals surface area (Å²) in [6.45, 7) is 3.70. The van der Waals surface area contributed by atoms with E-state index in [1.807, 2.05) is 13.8 Å². The van der Waals surface area contributed by atoms with Crippen LogP contribution in [0.4, 0.5) is 4.39 Å². The van der Waals surface area contributed by atoms with Crippen LogP contribution in [0.25, 0.3) is 6.08 Å². The molecule has 21 heavy (non-hydrogen) atoms. The first kappa shape index (κ1) is 15.3. The van der Waals surface area contributed by atoms with Crippen molar-refractivity contribution in [3.63, 3.8) is 0 Å². The molecule has 0 aliphatic heterocycles. The third-order valence-electron chi connectivity index (χ3n) is 2.77. The van der Waals surface area contributed by atoms with E-state index in [9.17, 15) is 9.18 Å². The molecule has 0 radical (unpaired) electrons. The Morgan fingerprint density at radius 1 is 1.43 bits per heavy atom. The van der Waals surface area contributed by atoms with Gasteiger partial charge in [0.15, 0.2) is 0 Å². The third-order valence-corrected chi connectivity index (χ3v) is 3.67. The lowest BCUT2D eigenvalue weighted by atomic mass is 10.1. The van der Waals surface area contributed by atoms with Gasteiger partial charge in [-0.15, -0.1) is 0 Å². The first-order chi connectivity index (χ1) is 9.94. The van der Waals surface area contributed by atoms with Gasteiger partial charge in [-0.1, -0.05) is 17.8 Å². The van der Waals surface area contributed by atoms with Gasteiger partial charge in [0.2, 0.25) is 0 Å². The number of aromatic nitrogens is 1. The van der Waals surface area contributed by atoms with Crippen LogP contribution in [0.15, 0.2) is 33.9 Å². The molecule has 6 heteroatoms. The van der Waals surface area contributed by atoms with E-state index >= 15 is 0 Å². The molecule has 4 nitrogen and oxygen atoms in total. The van der Waals surface area contributed by atoms with Gasteiger partial charge < -0.3 is 9.52 Å². The van der Waals surface area contributed by atoms with Crippen molar-refractivity contribution in [3.05, 3.63) is 52.7 Å². The number of benzene rings is 1. The fourth-order valence-electron chi connectivity index (χ4n) is 1.67. The van der Waals surface area contributed by atoms with Crippen molar-refractivity contribution in [2.45, 2.75) is 24.8 Å². The van der Waals surface area contributed by atoms with E-state index in [2.05, 4.69) is 4.98 Å². The molecule has 110 valence electrons. The van der Waals surface area contributed by atoms with E-state index in [4.69, 9.17) is 9.52 Å². The topological polar surface area (TPSA) is 63.3 Å². The van der Waals surface area contributed by atoms with Gasteiger partial charge in [0.25, 0.3) is 5.22 Å². The Kier molecular flexibility index (Phi) is 4.80. The first-order valence-electron chi connectivity index (χ1n) is 6.21. The van der Waals surface area contributed by atoms with Crippen molar-refractivity contribution in [3.8, 4) is 0 Å². The van der Waals surface area contributed by atoms with Crippen LogP contribution >= 0.6 is 11.8 Å². The molecule has 0 fully saturated rings. The maximum absolute atomic E-state index is 13.5. The summed E-state index contributed by atoms with van der Waals surface area (Å²) in [6, 6.07) is 4.43. The summed E-state index contributed by atoms with van der Waals surface area (Å²) in [7, 11) is 0. The number of rotatable bonds is 5. The largest absolute Gasteiger partial charge is 0.478 e. The molecule has 1 heterocycles. The second kappa shape index (κ2) is 6.58. The van der Waals surface area contributed by atoms with Gasteiger partial charge in [0, 0.05) is 11.8 Å². The van der Waals surface area contributed by atoms with Crippen LogP contribution in [0.3, 0.4) is 0 Å². The first-order valence-corrected chi connectivity index (χ1v) is 7.20. The van der Waals surface area contributed by atoms with Crippen LogP contribution in [0, 0.1) is 19.7 Å².